The van der Waals surface area contributed by atoms with E-state index in [0.29, 0.717) is 30.6 Å². The maximum Gasteiger partial charge on any atom is 0.276 e. The van der Waals surface area contributed by atoms with E-state index >= 15 is 0 Å². The zero-order valence-corrected chi connectivity index (χ0v) is 14.4. The number of rotatable bonds is 6. The Balaban J connectivity index is 1.74. The molecule has 0 unspecified atom stereocenters. The van der Waals surface area contributed by atoms with Crippen LogP contribution in [-0.4, -0.2) is 35.7 Å². The van der Waals surface area contributed by atoms with Gasteiger partial charge in [0, 0.05) is 19.8 Å². The summed E-state index contributed by atoms with van der Waals surface area (Å²) < 4.78 is 5.31. The predicted octanol–water partition coefficient (Wildman–Crippen LogP) is 3.32. The molecule has 0 aliphatic carbocycles. The van der Waals surface area contributed by atoms with Crippen LogP contribution >= 0.6 is 12.2 Å². The van der Waals surface area contributed by atoms with E-state index in [4.69, 9.17) is 17.0 Å². The van der Waals surface area contributed by atoms with Gasteiger partial charge in [-0.1, -0.05) is 36.4 Å². The Morgan fingerprint density at radius 1 is 1.21 bits per heavy atom. The Morgan fingerprint density at radius 3 is 2.79 bits per heavy atom. The highest BCUT2D eigenvalue weighted by Crippen LogP contribution is 2.19. The summed E-state index contributed by atoms with van der Waals surface area (Å²) >= 11 is 5.28. The quantitative estimate of drug-likeness (QED) is 0.498. The van der Waals surface area contributed by atoms with Gasteiger partial charge < -0.3 is 10.1 Å². The molecule has 0 spiro atoms. The number of amides is 1. The van der Waals surface area contributed by atoms with E-state index in [-0.39, 0.29) is 5.91 Å². The van der Waals surface area contributed by atoms with Crippen LogP contribution in [0.1, 0.15) is 18.9 Å². The van der Waals surface area contributed by atoms with Gasteiger partial charge >= 0.3 is 0 Å². The van der Waals surface area contributed by atoms with Crippen LogP contribution < -0.4 is 5.32 Å². The van der Waals surface area contributed by atoms with Gasteiger partial charge in [-0.05, 0) is 54.0 Å². The molecule has 0 atom stereocenters. The lowest BCUT2D eigenvalue weighted by atomic mass is 10.1. The zero-order chi connectivity index (χ0) is 16.9. The van der Waals surface area contributed by atoms with Crippen molar-refractivity contribution in [3.05, 3.63) is 53.7 Å². The first-order valence-electron chi connectivity index (χ1n) is 8.10. The minimum Gasteiger partial charge on any atom is -0.382 e. The molecule has 0 saturated carbocycles. The summed E-state index contributed by atoms with van der Waals surface area (Å²) in [6.45, 7) is 3.84. The summed E-state index contributed by atoms with van der Waals surface area (Å²) in [6, 6.07) is 14.3. The fourth-order valence-electron chi connectivity index (χ4n) is 2.71. The van der Waals surface area contributed by atoms with Crippen LogP contribution in [-0.2, 0) is 9.53 Å². The Kier molecular flexibility index (Phi) is 5.23. The molecule has 0 aromatic heterocycles. The average molecular weight is 340 g/mol. The van der Waals surface area contributed by atoms with Gasteiger partial charge in [0.2, 0.25) is 0 Å². The molecule has 4 nitrogen and oxygen atoms in total. The van der Waals surface area contributed by atoms with Crippen LogP contribution in [0.25, 0.3) is 16.8 Å². The summed E-state index contributed by atoms with van der Waals surface area (Å²) in [5.74, 6) is -0.0790. The third-order valence-corrected chi connectivity index (χ3v) is 4.24. The zero-order valence-electron chi connectivity index (χ0n) is 13.6. The molecule has 0 radical (unpaired) electrons. The van der Waals surface area contributed by atoms with Gasteiger partial charge in [0.25, 0.3) is 5.91 Å². The van der Waals surface area contributed by atoms with Crippen molar-refractivity contribution in [2.24, 2.45) is 0 Å². The van der Waals surface area contributed by atoms with Crippen molar-refractivity contribution in [2.45, 2.75) is 13.3 Å². The van der Waals surface area contributed by atoms with Crippen molar-refractivity contribution in [2.75, 3.05) is 19.8 Å². The van der Waals surface area contributed by atoms with Crippen LogP contribution in [0.15, 0.2) is 48.2 Å². The fraction of sp³-hybridized carbons (Fsp3) is 0.263. The molecule has 5 heteroatoms. The minimum atomic E-state index is -0.0790. The maximum atomic E-state index is 12.5. The van der Waals surface area contributed by atoms with E-state index in [9.17, 15) is 4.79 Å². The second-order valence-electron chi connectivity index (χ2n) is 5.60. The highest BCUT2D eigenvalue weighted by Gasteiger charge is 2.29. The lowest BCUT2D eigenvalue weighted by Gasteiger charge is -2.13. The topological polar surface area (TPSA) is 41.6 Å². The fourth-order valence-corrected chi connectivity index (χ4v) is 2.99. The Labute approximate surface area is 147 Å². The Bertz CT molecular complexity index is 801. The van der Waals surface area contributed by atoms with Crippen molar-refractivity contribution in [1.29, 1.82) is 0 Å². The number of nitrogens with one attached hydrogen (secondary N) is 1. The third-order valence-electron chi connectivity index (χ3n) is 3.92. The minimum absolute atomic E-state index is 0.0790. The van der Waals surface area contributed by atoms with Gasteiger partial charge in [-0.3, -0.25) is 9.69 Å². The number of carbonyl (C=O) groups excluding carboxylic acids is 1. The molecule has 24 heavy (non-hydrogen) atoms. The van der Waals surface area contributed by atoms with Gasteiger partial charge in [-0.2, -0.15) is 0 Å². The first kappa shape index (κ1) is 16.6. The number of fused-ring (bicyclic) bond motifs is 1. The van der Waals surface area contributed by atoms with Crippen LogP contribution in [0.4, 0.5) is 0 Å². The third kappa shape index (κ3) is 3.63. The van der Waals surface area contributed by atoms with E-state index < -0.39 is 0 Å². The van der Waals surface area contributed by atoms with Crippen molar-refractivity contribution < 1.29 is 9.53 Å². The van der Waals surface area contributed by atoms with Crippen LogP contribution in [0.5, 0.6) is 0 Å². The number of nitrogens with zero attached hydrogens (tertiary/aromatic N) is 1. The van der Waals surface area contributed by atoms with E-state index in [0.717, 1.165) is 17.4 Å². The Morgan fingerprint density at radius 2 is 2.00 bits per heavy atom. The standard InChI is InChI=1S/C19H20N2O2S/c1-2-23-11-5-10-21-18(22)17(20-19(21)24)13-14-8-9-15-6-3-4-7-16(15)12-14/h3-4,6-9,12-13H,2,5,10-11H2,1H3,(H,20,24)/b17-13-. The highest BCUT2D eigenvalue weighted by atomic mass is 32.1. The number of thiocarbonyl (C=S) groups is 1. The maximum absolute atomic E-state index is 12.5. The van der Waals surface area contributed by atoms with Crippen LogP contribution in [0, 0.1) is 0 Å². The molecular formula is C19H20N2O2S. The normalized spacial score (nSPS) is 16.2. The Hall–Kier alpha value is -2.24. The molecule has 1 saturated heterocycles. The van der Waals surface area contributed by atoms with E-state index in [1.54, 1.807) is 4.90 Å². The number of carbonyl (C=O) groups is 1. The molecule has 1 aliphatic heterocycles. The number of hydrogen-bond donors (Lipinski definition) is 1. The smallest absolute Gasteiger partial charge is 0.276 e. The molecule has 3 rings (SSSR count). The van der Waals surface area contributed by atoms with Gasteiger partial charge in [0.15, 0.2) is 5.11 Å². The molecule has 1 amide bonds. The number of hydrogen-bond acceptors (Lipinski definition) is 3. The molecule has 1 N–H and O–H groups in total. The summed E-state index contributed by atoms with van der Waals surface area (Å²) in [4.78, 5) is 14.1. The van der Waals surface area contributed by atoms with Crippen LogP contribution in [0.2, 0.25) is 0 Å². The number of ether oxygens (including phenoxy) is 1. The summed E-state index contributed by atoms with van der Waals surface area (Å²) in [5.41, 5.74) is 1.50. The van der Waals surface area contributed by atoms with Crippen molar-refractivity contribution in [1.82, 2.24) is 10.2 Å². The molecule has 1 aliphatic rings. The monoisotopic (exact) mass is 340 g/mol. The van der Waals surface area contributed by atoms with Crippen molar-refractivity contribution in [3.63, 3.8) is 0 Å². The summed E-state index contributed by atoms with van der Waals surface area (Å²) in [6.07, 6.45) is 2.62. The molecular weight excluding hydrogens is 320 g/mol. The van der Waals surface area contributed by atoms with E-state index in [1.165, 1.54) is 5.39 Å². The van der Waals surface area contributed by atoms with E-state index in [1.807, 2.05) is 31.2 Å². The molecule has 124 valence electrons. The van der Waals surface area contributed by atoms with Crippen molar-refractivity contribution >= 4 is 40.1 Å². The molecule has 2 aromatic carbocycles. The molecule has 1 heterocycles. The predicted molar refractivity (Wildman–Crippen MR) is 100 cm³/mol. The molecule has 0 bridgehead atoms. The molecule has 2 aromatic rings. The average Bonchev–Trinajstić information content (AvgIpc) is 2.85. The SMILES string of the molecule is CCOCCCN1C(=O)/C(=C/c2ccc3ccccc3c2)NC1=S. The first-order chi connectivity index (χ1) is 11.7. The van der Waals surface area contributed by atoms with Gasteiger partial charge in [-0.25, -0.2) is 0 Å². The lowest BCUT2D eigenvalue weighted by Crippen LogP contribution is -2.32. The van der Waals surface area contributed by atoms with Crippen molar-refractivity contribution in [3.8, 4) is 0 Å². The molecule has 1 fully saturated rings. The second kappa shape index (κ2) is 7.55. The summed E-state index contributed by atoms with van der Waals surface area (Å²) in [5, 5.41) is 5.81. The highest BCUT2D eigenvalue weighted by molar-refractivity contribution is 7.80. The first-order valence-corrected chi connectivity index (χ1v) is 8.51. The van der Waals surface area contributed by atoms with Gasteiger partial charge in [0.05, 0.1) is 0 Å². The second-order valence-corrected chi connectivity index (χ2v) is 5.99. The van der Waals surface area contributed by atoms with E-state index in [2.05, 4.69) is 29.6 Å². The van der Waals surface area contributed by atoms with Gasteiger partial charge in [0.1, 0.15) is 5.70 Å². The van der Waals surface area contributed by atoms with Gasteiger partial charge in [-0.15, -0.1) is 0 Å². The lowest BCUT2D eigenvalue weighted by molar-refractivity contribution is -0.122. The van der Waals surface area contributed by atoms with Crippen LogP contribution in [0.3, 0.4) is 0 Å². The largest absolute Gasteiger partial charge is 0.382 e. The number of benzene rings is 2. The summed E-state index contributed by atoms with van der Waals surface area (Å²) in [7, 11) is 0.